The molecule has 2 aliphatic rings. The lowest BCUT2D eigenvalue weighted by molar-refractivity contribution is 0.236. The molecule has 0 N–H and O–H groups in total. The van der Waals surface area contributed by atoms with Crippen LogP contribution in [0, 0.1) is 0 Å². The van der Waals surface area contributed by atoms with Gasteiger partial charge in [0.2, 0.25) is 0 Å². The maximum Gasteiger partial charge on any atom is 0.0211 e. The first-order valence-corrected chi connectivity index (χ1v) is 3.98. The van der Waals surface area contributed by atoms with Crippen molar-refractivity contribution in [1.82, 2.24) is 4.90 Å². The van der Waals surface area contributed by atoms with E-state index in [1.165, 1.54) is 25.7 Å². The predicted molar refractivity (Wildman–Crippen MR) is 38.4 cm³/mol. The fourth-order valence-corrected chi connectivity index (χ4v) is 2.06. The van der Waals surface area contributed by atoms with Crippen molar-refractivity contribution in [1.29, 1.82) is 0 Å². The fraction of sp³-hybridized carbons (Fsp3) is 1.00. The molecule has 0 aromatic carbocycles. The van der Waals surface area contributed by atoms with Crippen molar-refractivity contribution in [3.8, 4) is 0 Å². The molecule has 1 spiro atoms. The zero-order valence-electron chi connectivity index (χ0n) is 6.35. The second kappa shape index (κ2) is 1.51. The molecule has 2 rings (SSSR count). The molecule has 9 heavy (non-hydrogen) atoms. The number of hydrogen-bond donors (Lipinski definition) is 0. The summed E-state index contributed by atoms with van der Waals surface area (Å²) in [6.07, 6.45) is 5.82. The third kappa shape index (κ3) is 0.644. The molecular weight excluding hydrogens is 110 g/mol. The molecule has 1 saturated heterocycles. The van der Waals surface area contributed by atoms with E-state index in [2.05, 4.69) is 18.9 Å². The highest BCUT2D eigenvalue weighted by Crippen LogP contribution is 2.50. The molecule has 0 aromatic heterocycles. The number of rotatable bonds is 0. The van der Waals surface area contributed by atoms with Crippen LogP contribution in [-0.2, 0) is 0 Å². The van der Waals surface area contributed by atoms with Crippen molar-refractivity contribution in [3.05, 3.63) is 0 Å². The molecule has 1 saturated carbocycles. The monoisotopic (exact) mass is 125 g/mol. The maximum absolute atomic E-state index is 2.58. The largest absolute Gasteiger partial charge is 0.298 e. The minimum atomic E-state index is 0.708. The summed E-state index contributed by atoms with van der Waals surface area (Å²) < 4.78 is 0. The van der Waals surface area contributed by atoms with Crippen LogP contribution in [0.1, 0.15) is 32.6 Å². The van der Waals surface area contributed by atoms with Crippen LogP contribution in [0.4, 0.5) is 0 Å². The molecular formula is C8H15N. The van der Waals surface area contributed by atoms with E-state index in [-0.39, 0.29) is 0 Å². The molecule has 1 heteroatoms. The zero-order chi connectivity index (χ0) is 6.48. The van der Waals surface area contributed by atoms with Crippen molar-refractivity contribution < 1.29 is 0 Å². The van der Waals surface area contributed by atoms with Crippen LogP contribution in [-0.4, -0.2) is 23.5 Å². The molecule has 1 aliphatic heterocycles. The Morgan fingerprint density at radius 2 is 2.00 bits per heavy atom. The topological polar surface area (TPSA) is 3.24 Å². The van der Waals surface area contributed by atoms with Crippen LogP contribution < -0.4 is 0 Å². The summed E-state index contributed by atoms with van der Waals surface area (Å²) in [5.41, 5.74) is 0.708. The van der Waals surface area contributed by atoms with E-state index in [0.29, 0.717) is 5.54 Å². The lowest BCUT2D eigenvalue weighted by Crippen LogP contribution is -2.31. The Hall–Kier alpha value is -0.0400. The minimum absolute atomic E-state index is 0.708. The predicted octanol–water partition coefficient (Wildman–Crippen LogP) is 1.63. The highest BCUT2D eigenvalue weighted by atomic mass is 15.2. The SMILES string of the molecule is C[C@@H]1CCC2(CC2)N1C. The second-order valence-corrected chi connectivity index (χ2v) is 3.72. The van der Waals surface area contributed by atoms with Crippen molar-refractivity contribution >= 4 is 0 Å². The van der Waals surface area contributed by atoms with Gasteiger partial charge in [0.15, 0.2) is 0 Å². The smallest absolute Gasteiger partial charge is 0.0211 e. The molecule has 0 unspecified atom stereocenters. The van der Waals surface area contributed by atoms with Crippen LogP contribution in [0.3, 0.4) is 0 Å². The van der Waals surface area contributed by atoms with Gasteiger partial charge in [0, 0.05) is 11.6 Å². The summed E-state index contributed by atoms with van der Waals surface area (Å²) in [7, 11) is 2.28. The summed E-state index contributed by atoms with van der Waals surface area (Å²) >= 11 is 0. The van der Waals surface area contributed by atoms with Gasteiger partial charge in [0.1, 0.15) is 0 Å². The average Bonchev–Trinajstić information content (AvgIpc) is 2.57. The van der Waals surface area contributed by atoms with Gasteiger partial charge in [-0.05, 0) is 39.7 Å². The van der Waals surface area contributed by atoms with Crippen molar-refractivity contribution in [2.75, 3.05) is 7.05 Å². The van der Waals surface area contributed by atoms with Gasteiger partial charge < -0.3 is 0 Å². The van der Waals surface area contributed by atoms with Crippen LogP contribution in [0.2, 0.25) is 0 Å². The molecule has 0 radical (unpaired) electrons. The van der Waals surface area contributed by atoms with Crippen LogP contribution >= 0.6 is 0 Å². The quantitative estimate of drug-likeness (QED) is 0.475. The molecule has 1 aliphatic carbocycles. The second-order valence-electron chi connectivity index (χ2n) is 3.72. The first-order chi connectivity index (χ1) is 4.25. The lowest BCUT2D eigenvalue weighted by Gasteiger charge is -2.22. The summed E-state index contributed by atoms with van der Waals surface area (Å²) in [6, 6.07) is 0.854. The van der Waals surface area contributed by atoms with Gasteiger partial charge in [0.05, 0.1) is 0 Å². The van der Waals surface area contributed by atoms with E-state index in [4.69, 9.17) is 0 Å². The minimum Gasteiger partial charge on any atom is -0.298 e. The van der Waals surface area contributed by atoms with Gasteiger partial charge in [-0.2, -0.15) is 0 Å². The summed E-state index contributed by atoms with van der Waals surface area (Å²) in [4.78, 5) is 2.58. The van der Waals surface area contributed by atoms with E-state index in [9.17, 15) is 0 Å². The Morgan fingerprint density at radius 1 is 1.33 bits per heavy atom. The third-order valence-electron chi connectivity index (χ3n) is 3.26. The number of likely N-dealkylation sites (tertiary alicyclic amines) is 1. The number of nitrogens with zero attached hydrogens (tertiary/aromatic N) is 1. The van der Waals surface area contributed by atoms with Crippen LogP contribution in [0.25, 0.3) is 0 Å². The summed E-state index contributed by atoms with van der Waals surface area (Å²) in [6.45, 7) is 2.34. The van der Waals surface area contributed by atoms with E-state index < -0.39 is 0 Å². The zero-order valence-corrected chi connectivity index (χ0v) is 6.35. The summed E-state index contributed by atoms with van der Waals surface area (Å²) in [5.74, 6) is 0. The van der Waals surface area contributed by atoms with Gasteiger partial charge in [-0.3, -0.25) is 4.90 Å². The first-order valence-electron chi connectivity index (χ1n) is 3.98. The average molecular weight is 125 g/mol. The first kappa shape index (κ1) is 5.72. The Bertz CT molecular complexity index is 127. The Labute approximate surface area is 57.0 Å². The van der Waals surface area contributed by atoms with Crippen LogP contribution in [0.5, 0.6) is 0 Å². The Kier molecular flexibility index (Phi) is 0.963. The molecule has 1 atom stereocenters. The Balaban J connectivity index is 2.13. The lowest BCUT2D eigenvalue weighted by atomic mass is 10.2. The number of hydrogen-bond acceptors (Lipinski definition) is 1. The highest BCUT2D eigenvalue weighted by Gasteiger charge is 2.51. The molecule has 0 aromatic rings. The molecule has 1 heterocycles. The molecule has 0 amide bonds. The molecule has 52 valence electrons. The van der Waals surface area contributed by atoms with Crippen molar-refractivity contribution in [3.63, 3.8) is 0 Å². The van der Waals surface area contributed by atoms with Gasteiger partial charge in [-0.15, -0.1) is 0 Å². The fourth-order valence-electron chi connectivity index (χ4n) is 2.06. The van der Waals surface area contributed by atoms with Gasteiger partial charge >= 0.3 is 0 Å². The van der Waals surface area contributed by atoms with E-state index >= 15 is 0 Å². The van der Waals surface area contributed by atoms with Gasteiger partial charge in [-0.1, -0.05) is 0 Å². The van der Waals surface area contributed by atoms with E-state index in [1.807, 2.05) is 0 Å². The summed E-state index contributed by atoms with van der Waals surface area (Å²) in [5, 5.41) is 0. The van der Waals surface area contributed by atoms with Gasteiger partial charge in [-0.25, -0.2) is 0 Å². The van der Waals surface area contributed by atoms with Crippen molar-refractivity contribution in [2.45, 2.75) is 44.2 Å². The normalized spacial score (nSPS) is 40.0. The highest BCUT2D eigenvalue weighted by molar-refractivity contribution is 5.08. The molecule has 1 nitrogen and oxygen atoms in total. The van der Waals surface area contributed by atoms with Gasteiger partial charge in [0.25, 0.3) is 0 Å². The molecule has 2 fully saturated rings. The maximum atomic E-state index is 2.58. The standard InChI is InChI=1S/C8H15N/c1-7-3-4-8(5-6-8)9(7)2/h7H,3-6H2,1-2H3/t7-/m1/s1. The van der Waals surface area contributed by atoms with E-state index in [1.54, 1.807) is 0 Å². The van der Waals surface area contributed by atoms with Crippen LogP contribution in [0.15, 0.2) is 0 Å². The third-order valence-corrected chi connectivity index (χ3v) is 3.26. The van der Waals surface area contributed by atoms with Crippen molar-refractivity contribution in [2.24, 2.45) is 0 Å². The Morgan fingerprint density at radius 3 is 2.22 bits per heavy atom. The molecule has 0 bridgehead atoms. The van der Waals surface area contributed by atoms with E-state index in [0.717, 1.165) is 6.04 Å².